The Morgan fingerprint density at radius 2 is 1.71 bits per heavy atom. The van der Waals surface area contributed by atoms with Crippen LogP contribution in [-0.2, 0) is 14.3 Å². The zero-order valence-electron chi connectivity index (χ0n) is 22.9. The number of anilines is 1. The number of ether oxygens (including phenoxy) is 3. The standard InChI is InChI=1S/C17H26N2O4.2C4H10.CH2O2/c1-12-5-6-15(14(18)9-12)22-11-13-10-19(7-8-21-13)16(20)23-17(2,3)4;2*1-4(2)3;2-1-3/h5-6,9,13H,7-8,10-11,18H2,1-4H3;2*4H,1-3H3;1H,(H,2,3). The van der Waals surface area contributed by atoms with Crippen LogP contribution in [0.15, 0.2) is 18.2 Å². The fraction of sp³-hybridized carbons (Fsp3) is 0.692. The Kier molecular flexibility index (Phi) is 17.8. The van der Waals surface area contributed by atoms with Crippen molar-refractivity contribution in [3.05, 3.63) is 23.8 Å². The highest BCUT2D eigenvalue weighted by molar-refractivity contribution is 5.68. The lowest BCUT2D eigenvalue weighted by Gasteiger charge is -2.34. The lowest BCUT2D eigenvalue weighted by molar-refractivity contribution is -0.122. The van der Waals surface area contributed by atoms with E-state index in [0.717, 1.165) is 17.4 Å². The van der Waals surface area contributed by atoms with Crippen molar-refractivity contribution in [1.82, 2.24) is 4.90 Å². The van der Waals surface area contributed by atoms with Crippen LogP contribution in [-0.4, -0.2) is 60.6 Å². The molecule has 34 heavy (non-hydrogen) atoms. The van der Waals surface area contributed by atoms with Crippen LogP contribution in [0.1, 0.15) is 67.9 Å². The van der Waals surface area contributed by atoms with Crippen LogP contribution in [0.4, 0.5) is 10.5 Å². The number of hydrogen-bond acceptors (Lipinski definition) is 6. The van der Waals surface area contributed by atoms with Crippen molar-refractivity contribution in [1.29, 1.82) is 0 Å². The first-order valence-electron chi connectivity index (χ1n) is 11.8. The maximum absolute atomic E-state index is 12.1. The van der Waals surface area contributed by atoms with Crippen molar-refractivity contribution in [2.45, 2.75) is 80.9 Å². The summed E-state index contributed by atoms with van der Waals surface area (Å²) in [5.74, 6) is 2.30. The van der Waals surface area contributed by atoms with Gasteiger partial charge in [0.1, 0.15) is 24.1 Å². The van der Waals surface area contributed by atoms with Crippen molar-refractivity contribution in [3.8, 4) is 5.75 Å². The molecule has 1 aliphatic rings. The zero-order chi connectivity index (χ0) is 26.9. The highest BCUT2D eigenvalue weighted by Gasteiger charge is 2.28. The highest BCUT2D eigenvalue weighted by atomic mass is 16.6. The third-order valence-electron chi connectivity index (χ3n) is 3.38. The van der Waals surface area contributed by atoms with E-state index in [0.29, 0.717) is 37.7 Å². The number of rotatable bonds is 3. The SMILES string of the molecule is CC(C)C.CC(C)C.Cc1ccc(OCC2CN(C(=O)OC(C)(C)C)CCO2)c(N)c1.O=CO. The summed E-state index contributed by atoms with van der Waals surface area (Å²) in [6.07, 6.45) is -0.516. The number of hydrogen-bond donors (Lipinski definition) is 2. The van der Waals surface area contributed by atoms with E-state index >= 15 is 0 Å². The predicted molar refractivity (Wildman–Crippen MR) is 138 cm³/mol. The summed E-state index contributed by atoms with van der Waals surface area (Å²) in [5, 5.41) is 6.89. The summed E-state index contributed by atoms with van der Waals surface area (Å²) in [6, 6.07) is 5.66. The molecule has 1 heterocycles. The van der Waals surface area contributed by atoms with Gasteiger partial charge in [0.25, 0.3) is 6.47 Å². The average molecular weight is 485 g/mol. The van der Waals surface area contributed by atoms with Gasteiger partial charge >= 0.3 is 6.09 Å². The highest BCUT2D eigenvalue weighted by Crippen LogP contribution is 2.23. The summed E-state index contributed by atoms with van der Waals surface area (Å²) in [5.41, 5.74) is 7.11. The molecular formula is C26H48N2O6. The summed E-state index contributed by atoms with van der Waals surface area (Å²) >= 11 is 0. The molecule has 1 saturated heterocycles. The maximum atomic E-state index is 12.1. The fourth-order valence-corrected chi connectivity index (χ4v) is 2.29. The third kappa shape index (κ3) is 20.1. The summed E-state index contributed by atoms with van der Waals surface area (Å²) in [6.45, 7) is 22.1. The van der Waals surface area contributed by atoms with Gasteiger partial charge in [0, 0.05) is 6.54 Å². The van der Waals surface area contributed by atoms with Gasteiger partial charge in [0.05, 0.1) is 18.8 Å². The molecule has 8 nitrogen and oxygen atoms in total. The number of aryl methyl sites for hydroxylation is 1. The normalized spacial score (nSPS) is 15.1. The molecule has 1 aromatic carbocycles. The van der Waals surface area contributed by atoms with E-state index in [1.165, 1.54) is 0 Å². The van der Waals surface area contributed by atoms with Gasteiger partial charge < -0.3 is 30.0 Å². The van der Waals surface area contributed by atoms with Gasteiger partial charge in [0.2, 0.25) is 0 Å². The number of carboxylic acid groups (broad SMARTS) is 1. The molecule has 1 aliphatic heterocycles. The van der Waals surface area contributed by atoms with Crippen LogP contribution in [0, 0.1) is 18.8 Å². The van der Waals surface area contributed by atoms with E-state index in [4.69, 9.17) is 29.8 Å². The molecule has 0 saturated carbocycles. The molecule has 8 heteroatoms. The summed E-state index contributed by atoms with van der Waals surface area (Å²) in [4.78, 5) is 22.1. The minimum Gasteiger partial charge on any atom is -0.489 e. The molecule has 1 unspecified atom stereocenters. The van der Waals surface area contributed by atoms with Gasteiger partial charge in [-0.1, -0.05) is 47.6 Å². The van der Waals surface area contributed by atoms with E-state index in [1.54, 1.807) is 4.90 Å². The number of amides is 1. The Morgan fingerprint density at radius 3 is 2.15 bits per heavy atom. The van der Waals surface area contributed by atoms with Gasteiger partial charge in [0.15, 0.2) is 0 Å². The molecule has 3 N–H and O–H groups in total. The molecular weight excluding hydrogens is 436 g/mol. The van der Waals surface area contributed by atoms with Crippen molar-refractivity contribution in [2.75, 3.05) is 32.0 Å². The molecule has 0 aliphatic carbocycles. The van der Waals surface area contributed by atoms with Crippen LogP contribution >= 0.6 is 0 Å². The van der Waals surface area contributed by atoms with Crippen molar-refractivity contribution < 1.29 is 28.9 Å². The van der Waals surface area contributed by atoms with Crippen molar-refractivity contribution in [2.24, 2.45) is 11.8 Å². The Labute approximate surface area is 206 Å². The fourth-order valence-electron chi connectivity index (χ4n) is 2.29. The number of carbonyl (C=O) groups is 2. The van der Waals surface area contributed by atoms with Crippen LogP contribution in [0.3, 0.4) is 0 Å². The molecule has 1 fully saturated rings. The van der Waals surface area contributed by atoms with E-state index < -0.39 is 5.60 Å². The second-order valence-corrected chi connectivity index (χ2v) is 10.3. The van der Waals surface area contributed by atoms with Gasteiger partial charge in [-0.2, -0.15) is 0 Å². The van der Waals surface area contributed by atoms with E-state index in [-0.39, 0.29) is 18.7 Å². The maximum Gasteiger partial charge on any atom is 0.410 e. The predicted octanol–water partition coefficient (Wildman–Crippen LogP) is 5.62. The second-order valence-electron chi connectivity index (χ2n) is 10.3. The molecule has 1 atom stereocenters. The smallest absolute Gasteiger partial charge is 0.410 e. The lowest BCUT2D eigenvalue weighted by atomic mass is 10.2. The topological polar surface area (TPSA) is 111 Å². The number of nitrogens with two attached hydrogens (primary N) is 1. The average Bonchev–Trinajstić information content (AvgIpc) is 2.66. The van der Waals surface area contributed by atoms with Crippen LogP contribution in [0.25, 0.3) is 0 Å². The molecule has 0 spiro atoms. The molecule has 198 valence electrons. The first-order chi connectivity index (χ1) is 15.6. The quantitative estimate of drug-likeness (QED) is 0.423. The largest absolute Gasteiger partial charge is 0.489 e. The van der Waals surface area contributed by atoms with E-state index in [9.17, 15) is 4.79 Å². The Balaban J connectivity index is 0. The van der Waals surface area contributed by atoms with Crippen molar-refractivity contribution >= 4 is 18.3 Å². The van der Waals surface area contributed by atoms with Gasteiger partial charge in [-0.15, -0.1) is 0 Å². The summed E-state index contributed by atoms with van der Waals surface area (Å²) in [7, 11) is 0. The molecule has 0 aromatic heterocycles. The summed E-state index contributed by atoms with van der Waals surface area (Å²) < 4.78 is 16.8. The number of carbonyl (C=O) groups excluding carboxylic acids is 1. The van der Waals surface area contributed by atoms with Gasteiger partial charge in [-0.05, 0) is 57.2 Å². The Bertz CT molecular complexity index is 675. The molecule has 0 bridgehead atoms. The second kappa shape index (κ2) is 17.9. The number of nitrogen functional groups attached to an aromatic ring is 1. The van der Waals surface area contributed by atoms with Crippen LogP contribution in [0.2, 0.25) is 0 Å². The van der Waals surface area contributed by atoms with Crippen LogP contribution < -0.4 is 10.5 Å². The third-order valence-corrected chi connectivity index (χ3v) is 3.38. The van der Waals surface area contributed by atoms with Gasteiger partial charge in [-0.3, -0.25) is 4.79 Å². The van der Waals surface area contributed by atoms with E-state index in [2.05, 4.69) is 41.5 Å². The number of benzene rings is 1. The minimum atomic E-state index is -0.502. The van der Waals surface area contributed by atoms with Gasteiger partial charge in [-0.25, -0.2) is 4.79 Å². The molecule has 1 aromatic rings. The molecule has 1 amide bonds. The number of morpholine rings is 1. The van der Waals surface area contributed by atoms with E-state index in [1.807, 2.05) is 45.9 Å². The lowest BCUT2D eigenvalue weighted by Crippen LogP contribution is -2.49. The first kappa shape index (κ1) is 33.7. The molecule has 0 radical (unpaired) electrons. The zero-order valence-corrected chi connectivity index (χ0v) is 22.9. The number of nitrogens with zero attached hydrogens (tertiary/aromatic N) is 1. The Hall–Kier alpha value is -2.48. The minimum absolute atomic E-state index is 0.197. The monoisotopic (exact) mass is 484 g/mol. The molecule has 2 rings (SSSR count). The van der Waals surface area contributed by atoms with Crippen molar-refractivity contribution in [3.63, 3.8) is 0 Å². The first-order valence-corrected chi connectivity index (χ1v) is 11.8. The Morgan fingerprint density at radius 1 is 1.21 bits per heavy atom. The van der Waals surface area contributed by atoms with Crippen LogP contribution in [0.5, 0.6) is 5.75 Å².